The third kappa shape index (κ3) is 8.88. The normalized spacial score (nSPS) is 12.2. The molecule has 0 aliphatic carbocycles. The van der Waals surface area contributed by atoms with E-state index in [2.05, 4.69) is 17.6 Å². The van der Waals surface area contributed by atoms with Crippen molar-refractivity contribution in [3.05, 3.63) is 0 Å². The van der Waals surface area contributed by atoms with Crippen LogP contribution in [0.3, 0.4) is 0 Å². The van der Waals surface area contributed by atoms with Gasteiger partial charge >= 0.3 is 0 Å². The Morgan fingerprint density at radius 2 is 2.06 bits per heavy atom. The van der Waals surface area contributed by atoms with E-state index in [0.29, 0.717) is 17.8 Å². The molecule has 0 aliphatic rings. The van der Waals surface area contributed by atoms with Gasteiger partial charge in [0.05, 0.1) is 12.6 Å². The second kappa shape index (κ2) is 11.1. The Morgan fingerprint density at radius 1 is 1.31 bits per heavy atom. The summed E-state index contributed by atoms with van der Waals surface area (Å²) in [5, 5.41) is 7.10. The number of methoxy groups -OCH3 is 2. The third-order valence-corrected chi connectivity index (χ3v) is 2.41. The molecule has 1 unspecified atom stereocenters. The van der Waals surface area contributed by atoms with Gasteiger partial charge in [-0.3, -0.25) is 0 Å². The van der Waals surface area contributed by atoms with Gasteiger partial charge in [-0.15, -0.1) is 0 Å². The van der Waals surface area contributed by atoms with E-state index in [0.717, 1.165) is 32.4 Å². The number of hydrogen-bond acceptors (Lipinski definition) is 3. The minimum Gasteiger partial charge on any atom is -0.385 e. The van der Waals surface area contributed by atoms with E-state index in [1.54, 1.807) is 14.2 Å². The fourth-order valence-corrected chi connectivity index (χ4v) is 1.67. The van der Waals surface area contributed by atoms with Crippen molar-refractivity contribution < 1.29 is 9.47 Å². The standard InChI is InChI=1S/C11H24N2O2S/c1-4-6-10(9-15-3)13-11(16)12-7-5-8-14-2/h10H,4-9H2,1-3H3,(H2,12,13,16). The molecule has 0 rings (SSSR count). The van der Waals surface area contributed by atoms with Crippen molar-refractivity contribution in [1.29, 1.82) is 0 Å². The first-order chi connectivity index (χ1) is 7.74. The Kier molecular flexibility index (Phi) is 10.8. The zero-order valence-electron chi connectivity index (χ0n) is 10.5. The summed E-state index contributed by atoms with van der Waals surface area (Å²) in [6.07, 6.45) is 3.14. The minimum atomic E-state index is 0.303. The highest BCUT2D eigenvalue weighted by Crippen LogP contribution is 1.96. The summed E-state index contributed by atoms with van der Waals surface area (Å²) in [4.78, 5) is 0. The lowest BCUT2D eigenvalue weighted by Crippen LogP contribution is -2.44. The topological polar surface area (TPSA) is 42.5 Å². The summed E-state index contributed by atoms with van der Waals surface area (Å²) in [5.74, 6) is 0. The molecule has 2 N–H and O–H groups in total. The van der Waals surface area contributed by atoms with Gasteiger partial charge in [0.25, 0.3) is 0 Å². The first-order valence-corrected chi connectivity index (χ1v) is 6.17. The predicted octanol–water partition coefficient (Wildman–Crippen LogP) is 1.30. The van der Waals surface area contributed by atoms with Gasteiger partial charge in [0.15, 0.2) is 5.11 Å². The molecular weight excluding hydrogens is 224 g/mol. The maximum atomic E-state index is 5.19. The lowest BCUT2D eigenvalue weighted by atomic mass is 10.2. The van der Waals surface area contributed by atoms with Crippen molar-refractivity contribution in [2.24, 2.45) is 0 Å². The third-order valence-electron chi connectivity index (χ3n) is 2.15. The summed E-state index contributed by atoms with van der Waals surface area (Å²) < 4.78 is 10.1. The Morgan fingerprint density at radius 3 is 2.62 bits per heavy atom. The highest BCUT2D eigenvalue weighted by atomic mass is 32.1. The number of nitrogens with one attached hydrogen (secondary N) is 2. The van der Waals surface area contributed by atoms with Crippen molar-refractivity contribution in [3.8, 4) is 0 Å². The van der Waals surface area contributed by atoms with Crippen LogP contribution in [0.4, 0.5) is 0 Å². The van der Waals surface area contributed by atoms with Gasteiger partial charge in [-0.2, -0.15) is 0 Å². The lowest BCUT2D eigenvalue weighted by Gasteiger charge is -2.19. The fraction of sp³-hybridized carbons (Fsp3) is 0.909. The van der Waals surface area contributed by atoms with E-state index in [9.17, 15) is 0 Å². The van der Waals surface area contributed by atoms with Crippen LogP contribution in [0.2, 0.25) is 0 Å². The second-order valence-electron chi connectivity index (χ2n) is 3.69. The molecule has 0 aromatic carbocycles. The second-order valence-corrected chi connectivity index (χ2v) is 4.10. The van der Waals surface area contributed by atoms with Crippen molar-refractivity contribution in [2.45, 2.75) is 32.2 Å². The Bertz CT molecular complexity index is 173. The number of thiocarbonyl (C=S) groups is 1. The van der Waals surface area contributed by atoms with Crippen LogP contribution in [0.15, 0.2) is 0 Å². The first kappa shape index (κ1) is 15.6. The van der Waals surface area contributed by atoms with E-state index in [4.69, 9.17) is 21.7 Å². The van der Waals surface area contributed by atoms with Gasteiger partial charge in [-0.05, 0) is 25.1 Å². The molecule has 4 nitrogen and oxygen atoms in total. The number of ether oxygens (including phenoxy) is 2. The van der Waals surface area contributed by atoms with Gasteiger partial charge < -0.3 is 20.1 Å². The molecule has 96 valence electrons. The monoisotopic (exact) mass is 248 g/mol. The van der Waals surface area contributed by atoms with E-state index in [1.807, 2.05) is 0 Å². The molecule has 16 heavy (non-hydrogen) atoms. The van der Waals surface area contributed by atoms with Crippen LogP contribution in [-0.2, 0) is 9.47 Å². The molecule has 0 bridgehead atoms. The molecule has 0 spiro atoms. The summed E-state index contributed by atoms with van der Waals surface area (Å²) in [6, 6.07) is 0.303. The quantitative estimate of drug-likeness (QED) is 0.475. The zero-order valence-corrected chi connectivity index (χ0v) is 11.4. The average Bonchev–Trinajstić information content (AvgIpc) is 2.25. The molecule has 0 aromatic heterocycles. The van der Waals surface area contributed by atoms with Crippen LogP contribution in [0, 0.1) is 0 Å². The SMILES string of the molecule is CCCC(COC)NC(=S)NCCCOC. The summed E-state index contributed by atoms with van der Waals surface area (Å²) in [7, 11) is 3.41. The van der Waals surface area contributed by atoms with Crippen molar-refractivity contribution >= 4 is 17.3 Å². The molecule has 0 aromatic rings. The van der Waals surface area contributed by atoms with Crippen molar-refractivity contribution in [3.63, 3.8) is 0 Å². The highest BCUT2D eigenvalue weighted by Gasteiger charge is 2.07. The van der Waals surface area contributed by atoms with Crippen LogP contribution >= 0.6 is 12.2 Å². The van der Waals surface area contributed by atoms with Gasteiger partial charge in [-0.25, -0.2) is 0 Å². The van der Waals surface area contributed by atoms with Gasteiger partial charge in [0.1, 0.15) is 0 Å². The van der Waals surface area contributed by atoms with Crippen LogP contribution in [-0.4, -0.2) is 45.1 Å². The largest absolute Gasteiger partial charge is 0.385 e. The maximum Gasteiger partial charge on any atom is 0.166 e. The van der Waals surface area contributed by atoms with Crippen LogP contribution < -0.4 is 10.6 Å². The number of hydrogen-bond donors (Lipinski definition) is 2. The Balaban J connectivity index is 3.63. The molecule has 5 heteroatoms. The molecule has 0 aliphatic heterocycles. The smallest absolute Gasteiger partial charge is 0.166 e. The molecule has 0 saturated heterocycles. The average molecular weight is 248 g/mol. The first-order valence-electron chi connectivity index (χ1n) is 5.76. The van der Waals surface area contributed by atoms with E-state index < -0.39 is 0 Å². The van der Waals surface area contributed by atoms with Crippen LogP contribution in [0.5, 0.6) is 0 Å². The molecule has 1 atom stereocenters. The van der Waals surface area contributed by atoms with Crippen LogP contribution in [0.25, 0.3) is 0 Å². The van der Waals surface area contributed by atoms with E-state index >= 15 is 0 Å². The molecule has 0 heterocycles. The molecule has 0 saturated carbocycles. The molecule has 0 fully saturated rings. The fourth-order valence-electron chi connectivity index (χ4n) is 1.40. The summed E-state index contributed by atoms with van der Waals surface area (Å²) >= 11 is 5.19. The van der Waals surface area contributed by atoms with Gasteiger partial charge in [0.2, 0.25) is 0 Å². The molecule has 0 amide bonds. The van der Waals surface area contributed by atoms with E-state index in [1.165, 1.54) is 0 Å². The minimum absolute atomic E-state index is 0.303. The lowest BCUT2D eigenvalue weighted by molar-refractivity contribution is 0.169. The number of rotatable bonds is 9. The highest BCUT2D eigenvalue weighted by molar-refractivity contribution is 7.80. The summed E-state index contributed by atoms with van der Waals surface area (Å²) in [6.45, 7) is 4.44. The van der Waals surface area contributed by atoms with E-state index in [-0.39, 0.29) is 0 Å². The maximum absolute atomic E-state index is 5.19. The van der Waals surface area contributed by atoms with Gasteiger partial charge in [0, 0.05) is 27.4 Å². The zero-order chi connectivity index (χ0) is 12.2. The van der Waals surface area contributed by atoms with Gasteiger partial charge in [-0.1, -0.05) is 13.3 Å². The Labute approximate surface area is 104 Å². The van der Waals surface area contributed by atoms with Crippen molar-refractivity contribution in [2.75, 3.05) is 34.0 Å². The summed E-state index contributed by atoms with van der Waals surface area (Å²) in [5.41, 5.74) is 0. The van der Waals surface area contributed by atoms with Crippen LogP contribution in [0.1, 0.15) is 26.2 Å². The Hall–Kier alpha value is -0.390. The molecule has 0 radical (unpaired) electrons. The molecular formula is C11H24N2O2S. The van der Waals surface area contributed by atoms with Crippen molar-refractivity contribution in [1.82, 2.24) is 10.6 Å². The predicted molar refractivity (Wildman–Crippen MR) is 70.8 cm³/mol.